The molecule has 4 rings (SSSR count). The molecule has 40 heavy (non-hydrogen) atoms. The number of hydrogen-bond donors (Lipinski definition) is 2. The number of amides is 1. The van der Waals surface area contributed by atoms with Gasteiger partial charge in [-0.15, -0.1) is 0 Å². The summed E-state index contributed by atoms with van der Waals surface area (Å²) >= 11 is 0. The smallest absolute Gasteiger partial charge is 0.281 e. The second-order valence-corrected chi connectivity index (χ2v) is 12.9. The summed E-state index contributed by atoms with van der Waals surface area (Å²) in [5, 5.41) is -0.353. The number of anilines is 2. The SMILES string of the molecule is Cc1cc(N)nc(S(=O)(=O)NC(=O)c2ccc(-c3cc(F)cc(OCC(C)C)c3)nc2N2CCC(C)C2(C)C)c1. The lowest BCUT2D eigenvalue weighted by molar-refractivity contribution is 0.0981. The van der Waals surface area contributed by atoms with Crippen LogP contribution in [0.3, 0.4) is 0 Å². The highest BCUT2D eigenvalue weighted by Gasteiger charge is 2.41. The molecule has 0 saturated carbocycles. The number of carbonyl (C=O) groups excluding carboxylic acids is 1. The molecular weight excluding hydrogens is 533 g/mol. The molecule has 1 saturated heterocycles. The van der Waals surface area contributed by atoms with Crippen molar-refractivity contribution >= 4 is 27.6 Å². The molecule has 0 spiro atoms. The zero-order chi connectivity index (χ0) is 29.4. The Morgan fingerprint density at radius 2 is 1.93 bits per heavy atom. The average molecular weight is 570 g/mol. The molecule has 1 amide bonds. The Kier molecular flexibility index (Phi) is 8.07. The molecule has 1 aliphatic heterocycles. The van der Waals surface area contributed by atoms with Crippen LogP contribution >= 0.6 is 0 Å². The molecule has 2 aromatic heterocycles. The number of nitrogens with one attached hydrogen (secondary N) is 1. The van der Waals surface area contributed by atoms with E-state index in [0.717, 1.165) is 6.42 Å². The quantitative estimate of drug-likeness (QED) is 0.390. The van der Waals surface area contributed by atoms with Crippen molar-refractivity contribution in [3.05, 3.63) is 59.4 Å². The number of nitrogen functional groups attached to an aromatic ring is 1. The van der Waals surface area contributed by atoms with Gasteiger partial charge in [0.2, 0.25) is 0 Å². The first kappa shape index (κ1) is 29.3. The van der Waals surface area contributed by atoms with E-state index in [1.54, 1.807) is 19.1 Å². The molecule has 0 radical (unpaired) electrons. The van der Waals surface area contributed by atoms with Gasteiger partial charge in [0.05, 0.1) is 17.9 Å². The molecule has 3 heterocycles. The third-order valence-corrected chi connectivity index (χ3v) is 8.50. The molecule has 0 bridgehead atoms. The average Bonchev–Trinajstić information content (AvgIpc) is 3.13. The zero-order valence-corrected chi connectivity index (χ0v) is 24.5. The van der Waals surface area contributed by atoms with Crippen LogP contribution in [-0.2, 0) is 10.0 Å². The van der Waals surface area contributed by atoms with Gasteiger partial charge in [0.15, 0.2) is 5.03 Å². The van der Waals surface area contributed by atoms with Gasteiger partial charge in [0, 0.05) is 23.7 Å². The van der Waals surface area contributed by atoms with Crippen molar-refractivity contribution in [1.82, 2.24) is 14.7 Å². The molecule has 3 N–H and O–H groups in total. The zero-order valence-electron chi connectivity index (χ0n) is 23.7. The number of nitrogens with two attached hydrogens (primary N) is 1. The van der Waals surface area contributed by atoms with Crippen LogP contribution in [0, 0.1) is 24.6 Å². The van der Waals surface area contributed by atoms with Gasteiger partial charge in [-0.1, -0.05) is 20.8 Å². The standard InChI is InChI=1S/C29H36FN5O4S/c1-17(2)16-39-22-14-20(13-21(30)15-22)24-8-7-23(27(32-24)35-10-9-19(4)29(35,5)6)28(36)34-40(37,38)26-12-18(3)11-25(31)33-26/h7-8,11-15,17,19H,9-10,16H2,1-6H3,(H2,31,33)(H,34,36). The Bertz CT molecular complexity index is 1520. The first-order chi connectivity index (χ1) is 18.7. The van der Waals surface area contributed by atoms with Crippen LogP contribution in [0.1, 0.15) is 57.0 Å². The molecule has 0 aliphatic carbocycles. The molecule has 1 unspecified atom stereocenters. The van der Waals surface area contributed by atoms with Crippen LogP contribution < -0.4 is 20.1 Å². The number of rotatable bonds is 8. The topological polar surface area (TPSA) is 128 Å². The maximum absolute atomic E-state index is 14.6. The van der Waals surface area contributed by atoms with Gasteiger partial charge in [-0.25, -0.2) is 19.1 Å². The summed E-state index contributed by atoms with van der Waals surface area (Å²) in [7, 11) is -4.32. The lowest BCUT2D eigenvalue weighted by atomic mass is 9.90. The van der Waals surface area contributed by atoms with E-state index in [1.807, 2.05) is 18.7 Å². The highest BCUT2D eigenvalue weighted by molar-refractivity contribution is 7.90. The van der Waals surface area contributed by atoms with Gasteiger partial charge in [-0.3, -0.25) is 4.79 Å². The summed E-state index contributed by atoms with van der Waals surface area (Å²) in [4.78, 5) is 24.2. The van der Waals surface area contributed by atoms with Crippen LogP contribution in [0.4, 0.5) is 16.0 Å². The monoisotopic (exact) mass is 569 g/mol. The highest BCUT2D eigenvalue weighted by Crippen LogP contribution is 2.39. The number of hydrogen-bond acceptors (Lipinski definition) is 8. The maximum Gasteiger partial charge on any atom is 0.281 e. The molecular formula is C29H36FN5O4S. The van der Waals surface area contributed by atoms with Crippen molar-refractivity contribution in [3.63, 3.8) is 0 Å². The van der Waals surface area contributed by atoms with Crippen LogP contribution in [0.15, 0.2) is 47.5 Å². The molecule has 1 aromatic carbocycles. The predicted octanol–water partition coefficient (Wildman–Crippen LogP) is 4.95. The number of benzene rings is 1. The van der Waals surface area contributed by atoms with Crippen LogP contribution in [0.5, 0.6) is 5.75 Å². The highest BCUT2D eigenvalue weighted by atomic mass is 32.2. The second kappa shape index (κ2) is 11.0. The van der Waals surface area contributed by atoms with E-state index >= 15 is 0 Å². The molecule has 1 fully saturated rings. The van der Waals surface area contributed by atoms with Crippen molar-refractivity contribution < 1.29 is 22.3 Å². The largest absolute Gasteiger partial charge is 0.493 e. The number of ether oxygens (including phenoxy) is 1. The number of carbonyl (C=O) groups is 1. The summed E-state index contributed by atoms with van der Waals surface area (Å²) in [5.74, 6) is -0.0814. The van der Waals surface area contributed by atoms with E-state index in [9.17, 15) is 17.6 Å². The molecule has 214 valence electrons. The Morgan fingerprint density at radius 3 is 2.55 bits per heavy atom. The Morgan fingerprint density at radius 1 is 1.20 bits per heavy atom. The minimum absolute atomic E-state index is 0.0270. The number of nitrogens with zero attached hydrogens (tertiary/aromatic N) is 3. The summed E-state index contributed by atoms with van der Waals surface area (Å²) in [6.45, 7) is 12.9. The van der Waals surface area contributed by atoms with Crippen molar-refractivity contribution in [3.8, 4) is 17.0 Å². The fourth-order valence-corrected chi connectivity index (χ4v) is 5.71. The predicted molar refractivity (Wildman–Crippen MR) is 153 cm³/mol. The minimum Gasteiger partial charge on any atom is -0.493 e. The van der Waals surface area contributed by atoms with Gasteiger partial charge in [-0.2, -0.15) is 8.42 Å². The maximum atomic E-state index is 14.6. The Balaban J connectivity index is 1.77. The number of halogens is 1. The van der Waals surface area contributed by atoms with Gasteiger partial charge < -0.3 is 15.4 Å². The van der Waals surface area contributed by atoms with Gasteiger partial charge in [0.1, 0.15) is 23.2 Å². The number of aromatic nitrogens is 2. The molecule has 3 aromatic rings. The summed E-state index contributed by atoms with van der Waals surface area (Å²) in [5.41, 5.74) is 6.92. The molecule has 9 nitrogen and oxygen atoms in total. The van der Waals surface area contributed by atoms with E-state index < -0.39 is 21.7 Å². The van der Waals surface area contributed by atoms with E-state index in [2.05, 4.69) is 30.5 Å². The van der Waals surface area contributed by atoms with Crippen molar-refractivity contribution in [2.45, 2.75) is 58.5 Å². The minimum atomic E-state index is -4.32. The third-order valence-electron chi connectivity index (χ3n) is 7.28. The first-order valence-electron chi connectivity index (χ1n) is 13.2. The fourth-order valence-electron chi connectivity index (χ4n) is 4.69. The summed E-state index contributed by atoms with van der Waals surface area (Å²) in [6, 6.07) is 10.3. The van der Waals surface area contributed by atoms with Crippen molar-refractivity contribution in [2.24, 2.45) is 11.8 Å². The van der Waals surface area contributed by atoms with E-state index in [0.29, 0.717) is 41.5 Å². The second-order valence-electron chi connectivity index (χ2n) is 11.3. The van der Waals surface area contributed by atoms with E-state index in [-0.39, 0.29) is 33.8 Å². The lowest BCUT2D eigenvalue weighted by Gasteiger charge is -2.36. The fraction of sp³-hybridized carbons (Fsp3) is 0.414. The van der Waals surface area contributed by atoms with E-state index in [4.69, 9.17) is 15.5 Å². The molecule has 11 heteroatoms. The summed E-state index contributed by atoms with van der Waals surface area (Å²) < 4.78 is 48.6. The van der Waals surface area contributed by atoms with Gasteiger partial charge in [0.25, 0.3) is 15.9 Å². The Hall–Kier alpha value is -3.73. The van der Waals surface area contributed by atoms with Crippen LogP contribution in [0.25, 0.3) is 11.3 Å². The molecule has 1 atom stereocenters. The first-order valence-corrected chi connectivity index (χ1v) is 14.7. The van der Waals surface area contributed by atoms with Gasteiger partial charge in [-0.05, 0) is 81.0 Å². The lowest BCUT2D eigenvalue weighted by Crippen LogP contribution is -2.43. The Labute approximate surface area is 235 Å². The summed E-state index contributed by atoms with van der Waals surface area (Å²) in [6.07, 6.45) is 0.859. The molecule has 1 aliphatic rings. The number of aryl methyl sites for hydroxylation is 1. The van der Waals surface area contributed by atoms with Crippen molar-refractivity contribution in [1.29, 1.82) is 0 Å². The van der Waals surface area contributed by atoms with Crippen molar-refractivity contribution in [2.75, 3.05) is 23.8 Å². The third kappa shape index (κ3) is 6.19. The van der Waals surface area contributed by atoms with Gasteiger partial charge >= 0.3 is 0 Å². The van der Waals surface area contributed by atoms with E-state index in [1.165, 1.54) is 30.3 Å². The van der Waals surface area contributed by atoms with Crippen LogP contribution in [0.2, 0.25) is 0 Å². The normalized spacial score (nSPS) is 16.8. The van der Waals surface area contributed by atoms with Crippen LogP contribution in [-0.4, -0.2) is 43.0 Å². The number of sulfonamides is 1. The number of pyridine rings is 2.